The molecule has 0 radical (unpaired) electrons. The highest BCUT2D eigenvalue weighted by molar-refractivity contribution is 5.25. The van der Waals surface area contributed by atoms with E-state index < -0.39 is 0 Å². The normalized spacial score (nSPS) is 27.4. The van der Waals surface area contributed by atoms with Crippen molar-refractivity contribution in [3.05, 3.63) is 42.4 Å². The molecule has 0 spiro atoms. The van der Waals surface area contributed by atoms with Crippen molar-refractivity contribution in [2.45, 2.75) is 38.0 Å². The molecule has 2 aliphatic heterocycles. The van der Waals surface area contributed by atoms with Crippen molar-refractivity contribution >= 4 is 0 Å². The van der Waals surface area contributed by atoms with Crippen LogP contribution in [0.2, 0.25) is 0 Å². The van der Waals surface area contributed by atoms with E-state index in [0.717, 1.165) is 38.0 Å². The molecule has 2 fully saturated rings. The standard InChI is InChI=1S/C19H27N5O/c1-22-17(14-24-9-4-8-21-24)11-16-13-23(10-6-18(16)22)12-15-5-3-7-20-19(15)25-2/h3-5,7-9,16-18H,6,10-14H2,1-2H3/t16-,17+,18+/m0/s1. The predicted octanol–water partition coefficient (Wildman–Crippen LogP) is 1.88. The van der Waals surface area contributed by atoms with Gasteiger partial charge in [0.1, 0.15) is 0 Å². The van der Waals surface area contributed by atoms with Crippen LogP contribution in [-0.2, 0) is 13.1 Å². The molecule has 0 bridgehead atoms. The van der Waals surface area contributed by atoms with E-state index in [1.807, 2.05) is 18.3 Å². The fraction of sp³-hybridized carbons (Fsp3) is 0.579. The summed E-state index contributed by atoms with van der Waals surface area (Å²) in [5.41, 5.74) is 1.18. The third-order valence-electron chi connectivity index (χ3n) is 5.85. The van der Waals surface area contributed by atoms with Crippen LogP contribution in [0.3, 0.4) is 0 Å². The van der Waals surface area contributed by atoms with Crippen molar-refractivity contribution in [2.75, 3.05) is 27.2 Å². The van der Waals surface area contributed by atoms with Crippen LogP contribution in [0.15, 0.2) is 36.8 Å². The largest absolute Gasteiger partial charge is 0.481 e. The van der Waals surface area contributed by atoms with E-state index in [9.17, 15) is 0 Å². The Balaban J connectivity index is 1.39. The number of pyridine rings is 1. The molecule has 2 saturated heterocycles. The number of likely N-dealkylation sites (tertiary alicyclic amines) is 2. The molecule has 0 unspecified atom stereocenters. The summed E-state index contributed by atoms with van der Waals surface area (Å²) in [6.45, 7) is 4.21. The summed E-state index contributed by atoms with van der Waals surface area (Å²) in [4.78, 5) is 9.48. The molecule has 6 nitrogen and oxygen atoms in total. The first-order chi connectivity index (χ1) is 12.2. The second-order valence-corrected chi connectivity index (χ2v) is 7.31. The highest BCUT2D eigenvalue weighted by atomic mass is 16.5. The van der Waals surface area contributed by atoms with Crippen LogP contribution >= 0.6 is 0 Å². The lowest BCUT2D eigenvalue weighted by molar-refractivity contribution is 0.109. The smallest absolute Gasteiger partial charge is 0.217 e. The Hall–Kier alpha value is -1.92. The minimum atomic E-state index is 0.586. The lowest BCUT2D eigenvalue weighted by atomic mass is 9.92. The Bertz CT molecular complexity index is 689. The Morgan fingerprint density at radius 3 is 3.00 bits per heavy atom. The molecule has 2 aromatic rings. The van der Waals surface area contributed by atoms with Crippen LogP contribution in [0.25, 0.3) is 0 Å². The molecule has 2 aromatic heterocycles. The van der Waals surface area contributed by atoms with Crippen molar-refractivity contribution in [3.63, 3.8) is 0 Å². The Morgan fingerprint density at radius 2 is 2.20 bits per heavy atom. The van der Waals surface area contributed by atoms with Crippen LogP contribution in [0.4, 0.5) is 0 Å². The molecular formula is C19H27N5O. The zero-order valence-corrected chi connectivity index (χ0v) is 15.1. The van der Waals surface area contributed by atoms with Crippen molar-refractivity contribution in [1.29, 1.82) is 0 Å². The fourth-order valence-electron chi connectivity index (χ4n) is 4.59. The van der Waals surface area contributed by atoms with Gasteiger partial charge in [-0.2, -0.15) is 5.10 Å². The van der Waals surface area contributed by atoms with Gasteiger partial charge in [0.05, 0.1) is 13.7 Å². The Kier molecular flexibility index (Phi) is 4.72. The monoisotopic (exact) mass is 341 g/mol. The van der Waals surface area contributed by atoms with Gasteiger partial charge in [-0.3, -0.25) is 14.5 Å². The highest BCUT2D eigenvalue weighted by Crippen LogP contribution is 2.35. The molecule has 0 N–H and O–H groups in total. The zero-order chi connectivity index (χ0) is 17.2. The fourth-order valence-corrected chi connectivity index (χ4v) is 4.59. The SMILES string of the molecule is COc1ncccc1CN1CC[C@@H]2[C@@H](C[C@H](Cn3cccn3)N2C)C1. The lowest BCUT2D eigenvalue weighted by Crippen LogP contribution is -2.45. The summed E-state index contributed by atoms with van der Waals surface area (Å²) in [7, 11) is 3.99. The molecule has 2 aliphatic rings. The van der Waals surface area contributed by atoms with Gasteiger partial charge < -0.3 is 4.74 Å². The number of nitrogens with zero attached hydrogens (tertiary/aromatic N) is 5. The summed E-state index contributed by atoms with van der Waals surface area (Å²) in [5.74, 6) is 1.49. The summed E-state index contributed by atoms with van der Waals surface area (Å²) in [5, 5.41) is 4.38. The molecular weight excluding hydrogens is 314 g/mol. The van der Waals surface area contributed by atoms with Crippen LogP contribution in [0.1, 0.15) is 18.4 Å². The van der Waals surface area contributed by atoms with Gasteiger partial charge >= 0.3 is 0 Å². The highest BCUT2D eigenvalue weighted by Gasteiger charge is 2.42. The lowest BCUT2D eigenvalue weighted by Gasteiger charge is -2.37. The van der Waals surface area contributed by atoms with Gasteiger partial charge in [-0.1, -0.05) is 6.07 Å². The number of hydrogen-bond donors (Lipinski definition) is 0. The average Bonchev–Trinajstić information content (AvgIpc) is 3.24. The van der Waals surface area contributed by atoms with Gasteiger partial charge in [0.2, 0.25) is 5.88 Å². The maximum atomic E-state index is 5.41. The number of hydrogen-bond acceptors (Lipinski definition) is 5. The number of aromatic nitrogens is 3. The molecule has 0 saturated carbocycles. The Labute approximate surface area is 149 Å². The van der Waals surface area contributed by atoms with E-state index in [2.05, 4.69) is 43.9 Å². The quantitative estimate of drug-likeness (QED) is 0.831. The minimum Gasteiger partial charge on any atom is -0.481 e. The van der Waals surface area contributed by atoms with Gasteiger partial charge in [-0.25, -0.2) is 4.98 Å². The summed E-state index contributed by atoms with van der Waals surface area (Å²) in [6, 6.07) is 7.41. The molecule has 25 heavy (non-hydrogen) atoms. The van der Waals surface area contributed by atoms with Gasteiger partial charge in [0.25, 0.3) is 0 Å². The second kappa shape index (κ2) is 7.14. The molecule has 134 valence electrons. The van der Waals surface area contributed by atoms with Crippen molar-refractivity contribution in [2.24, 2.45) is 5.92 Å². The molecule has 0 aromatic carbocycles. The van der Waals surface area contributed by atoms with Crippen molar-refractivity contribution < 1.29 is 4.74 Å². The Morgan fingerprint density at radius 1 is 1.28 bits per heavy atom. The first kappa shape index (κ1) is 16.5. The molecule has 6 heteroatoms. The first-order valence-electron chi connectivity index (χ1n) is 9.14. The number of fused-ring (bicyclic) bond motifs is 1. The van der Waals surface area contributed by atoms with E-state index in [-0.39, 0.29) is 0 Å². The van der Waals surface area contributed by atoms with Crippen molar-refractivity contribution in [3.8, 4) is 5.88 Å². The molecule has 4 heterocycles. The first-order valence-corrected chi connectivity index (χ1v) is 9.14. The average molecular weight is 341 g/mol. The van der Waals surface area contributed by atoms with E-state index in [1.165, 1.54) is 18.4 Å². The number of piperidine rings is 1. The summed E-state index contributed by atoms with van der Waals surface area (Å²) < 4.78 is 7.48. The van der Waals surface area contributed by atoms with Gasteiger partial charge in [0.15, 0.2) is 0 Å². The third kappa shape index (κ3) is 3.41. The number of likely N-dealkylation sites (N-methyl/N-ethyl adjacent to an activating group) is 1. The van der Waals surface area contributed by atoms with Gasteiger partial charge in [-0.05, 0) is 44.5 Å². The topological polar surface area (TPSA) is 46.4 Å². The summed E-state index contributed by atoms with van der Waals surface area (Å²) in [6.07, 6.45) is 8.21. The molecule has 3 atom stereocenters. The van der Waals surface area contributed by atoms with Crippen LogP contribution in [-0.4, -0.2) is 63.9 Å². The number of methoxy groups -OCH3 is 1. The number of rotatable bonds is 5. The van der Waals surface area contributed by atoms with Gasteiger partial charge in [0, 0.05) is 49.3 Å². The maximum Gasteiger partial charge on any atom is 0.217 e. The molecule has 4 rings (SSSR count). The van der Waals surface area contributed by atoms with Crippen LogP contribution in [0.5, 0.6) is 5.88 Å². The van der Waals surface area contributed by atoms with E-state index in [1.54, 1.807) is 13.3 Å². The minimum absolute atomic E-state index is 0.586. The number of ether oxygens (including phenoxy) is 1. The van der Waals surface area contributed by atoms with E-state index in [4.69, 9.17) is 4.74 Å². The van der Waals surface area contributed by atoms with Gasteiger partial charge in [-0.15, -0.1) is 0 Å². The van der Waals surface area contributed by atoms with Crippen LogP contribution < -0.4 is 4.74 Å². The van der Waals surface area contributed by atoms with Crippen molar-refractivity contribution in [1.82, 2.24) is 24.6 Å². The zero-order valence-electron chi connectivity index (χ0n) is 15.1. The molecule has 0 amide bonds. The summed E-state index contributed by atoms with van der Waals surface area (Å²) >= 11 is 0. The van der Waals surface area contributed by atoms with E-state index >= 15 is 0 Å². The third-order valence-corrected chi connectivity index (χ3v) is 5.85. The van der Waals surface area contributed by atoms with E-state index in [0.29, 0.717) is 12.1 Å². The van der Waals surface area contributed by atoms with Crippen LogP contribution in [0, 0.1) is 5.92 Å². The maximum absolute atomic E-state index is 5.41. The predicted molar refractivity (Wildman–Crippen MR) is 96.4 cm³/mol. The molecule has 0 aliphatic carbocycles. The second-order valence-electron chi connectivity index (χ2n) is 7.31.